The lowest BCUT2D eigenvalue weighted by Gasteiger charge is -2.16. The Balaban J connectivity index is 2.48. The molecule has 1 heterocycles. The van der Waals surface area contributed by atoms with E-state index in [1.165, 1.54) is 0 Å². The minimum absolute atomic E-state index is 0.211. The molecule has 1 aromatic rings. The number of carbonyl (C=O) groups excluding carboxylic acids is 2. The van der Waals surface area contributed by atoms with Crippen LogP contribution in [0.2, 0.25) is 0 Å². The molecule has 4 N–H and O–H groups in total. The van der Waals surface area contributed by atoms with Gasteiger partial charge in [0.2, 0.25) is 5.91 Å². The molecule has 0 radical (unpaired) electrons. The van der Waals surface area contributed by atoms with Crippen LogP contribution in [0.25, 0.3) is 0 Å². The molecule has 0 aliphatic carbocycles. The fourth-order valence-electron chi connectivity index (χ4n) is 1.42. The Morgan fingerprint density at radius 1 is 1.53 bits per heavy atom. The van der Waals surface area contributed by atoms with E-state index >= 15 is 0 Å². The Labute approximate surface area is 128 Å². The van der Waals surface area contributed by atoms with Crippen molar-refractivity contribution in [3.63, 3.8) is 0 Å². The first-order valence-corrected chi connectivity index (χ1v) is 8.60. The van der Waals surface area contributed by atoms with Gasteiger partial charge in [0, 0.05) is 4.88 Å². The Morgan fingerprint density at radius 2 is 2.26 bits per heavy atom. The van der Waals surface area contributed by atoms with Crippen LogP contribution in [0.3, 0.4) is 0 Å². The molecule has 1 aromatic heterocycles. The third-order valence-electron chi connectivity index (χ3n) is 2.31. The van der Waals surface area contributed by atoms with Crippen molar-refractivity contribution in [2.24, 2.45) is 5.73 Å². The summed E-state index contributed by atoms with van der Waals surface area (Å²) in [4.78, 5) is 23.9. The van der Waals surface area contributed by atoms with Gasteiger partial charge < -0.3 is 16.4 Å². The van der Waals surface area contributed by atoms with E-state index in [0.717, 1.165) is 14.4 Å². The highest BCUT2D eigenvalue weighted by atomic mass is 79.9. The number of hydrogen-bond acceptors (Lipinski definition) is 4. The number of amides is 3. The van der Waals surface area contributed by atoms with E-state index in [2.05, 4.69) is 26.6 Å². The molecule has 19 heavy (non-hydrogen) atoms. The second kappa shape index (κ2) is 8.44. The minimum Gasteiger partial charge on any atom is -0.352 e. The first-order chi connectivity index (χ1) is 9.02. The number of thioether (sulfide) groups is 1. The predicted octanol–water partition coefficient (Wildman–Crippen LogP) is 1.92. The van der Waals surface area contributed by atoms with Gasteiger partial charge in [0.15, 0.2) is 0 Å². The van der Waals surface area contributed by atoms with Crippen LogP contribution in [-0.4, -0.2) is 30.0 Å². The number of nitrogens with one attached hydrogen (secondary N) is 2. The Morgan fingerprint density at radius 3 is 2.79 bits per heavy atom. The standard InChI is InChI=1S/C11H16BrN3O2S2/c1-18-5-4-8(15-11(13)17)10(16)14-6-7-2-3-9(12)19-7/h2-3,8H,4-6H2,1H3,(H,14,16)(H3,13,15,17). The first-order valence-electron chi connectivity index (χ1n) is 5.59. The zero-order valence-corrected chi connectivity index (χ0v) is 13.7. The second-order valence-corrected chi connectivity index (χ2v) is 7.30. The quantitative estimate of drug-likeness (QED) is 0.689. The molecule has 1 rings (SSSR count). The number of halogens is 1. The lowest BCUT2D eigenvalue weighted by atomic mass is 10.2. The van der Waals surface area contributed by atoms with Gasteiger partial charge in [-0.2, -0.15) is 11.8 Å². The van der Waals surface area contributed by atoms with Gasteiger partial charge in [-0.25, -0.2) is 4.79 Å². The number of urea groups is 1. The van der Waals surface area contributed by atoms with Crippen LogP contribution in [0.1, 0.15) is 11.3 Å². The van der Waals surface area contributed by atoms with E-state index in [-0.39, 0.29) is 5.91 Å². The molecule has 1 unspecified atom stereocenters. The molecule has 5 nitrogen and oxygen atoms in total. The SMILES string of the molecule is CSCCC(NC(N)=O)C(=O)NCc1ccc(Br)s1. The molecule has 0 saturated carbocycles. The van der Waals surface area contributed by atoms with Crippen LogP contribution in [0.4, 0.5) is 4.79 Å². The molecule has 8 heteroatoms. The molecule has 0 bridgehead atoms. The third kappa shape index (κ3) is 6.31. The molecule has 0 aliphatic rings. The van der Waals surface area contributed by atoms with Crippen LogP contribution >= 0.6 is 39.0 Å². The van der Waals surface area contributed by atoms with Crippen molar-refractivity contribution in [1.82, 2.24) is 10.6 Å². The summed E-state index contributed by atoms with van der Waals surface area (Å²) < 4.78 is 1.02. The maximum absolute atomic E-state index is 12.0. The Hall–Kier alpha value is -0.730. The topological polar surface area (TPSA) is 84.2 Å². The van der Waals surface area contributed by atoms with Gasteiger partial charge in [-0.05, 0) is 46.5 Å². The van der Waals surface area contributed by atoms with E-state index in [1.807, 2.05) is 18.4 Å². The van der Waals surface area contributed by atoms with Gasteiger partial charge in [-0.1, -0.05) is 0 Å². The molecular weight excluding hydrogens is 350 g/mol. The van der Waals surface area contributed by atoms with E-state index < -0.39 is 12.1 Å². The molecule has 1 atom stereocenters. The van der Waals surface area contributed by atoms with Crippen LogP contribution in [-0.2, 0) is 11.3 Å². The molecule has 0 saturated heterocycles. The fourth-order valence-corrected chi connectivity index (χ4v) is 3.31. The van der Waals surface area contributed by atoms with Crippen molar-refractivity contribution in [2.75, 3.05) is 12.0 Å². The van der Waals surface area contributed by atoms with E-state index in [9.17, 15) is 9.59 Å². The number of nitrogens with two attached hydrogens (primary N) is 1. The van der Waals surface area contributed by atoms with Gasteiger partial charge in [0.05, 0.1) is 10.3 Å². The number of primary amides is 1. The van der Waals surface area contributed by atoms with Gasteiger partial charge in [-0.15, -0.1) is 11.3 Å². The third-order valence-corrected chi connectivity index (χ3v) is 4.58. The summed E-state index contributed by atoms with van der Waals surface area (Å²) in [5, 5.41) is 5.26. The normalized spacial score (nSPS) is 11.9. The maximum atomic E-state index is 12.0. The number of hydrogen-bond donors (Lipinski definition) is 3. The molecular formula is C11H16BrN3O2S2. The average Bonchev–Trinajstić information content (AvgIpc) is 2.77. The lowest BCUT2D eigenvalue weighted by molar-refractivity contribution is -0.123. The second-order valence-electron chi connectivity index (χ2n) is 3.77. The van der Waals surface area contributed by atoms with Gasteiger partial charge in [-0.3, -0.25) is 4.79 Å². The monoisotopic (exact) mass is 365 g/mol. The van der Waals surface area contributed by atoms with Crippen molar-refractivity contribution >= 4 is 51.0 Å². The van der Waals surface area contributed by atoms with Crippen LogP contribution < -0.4 is 16.4 Å². The summed E-state index contributed by atoms with van der Waals surface area (Å²) in [5.74, 6) is 0.570. The smallest absolute Gasteiger partial charge is 0.312 e. The summed E-state index contributed by atoms with van der Waals surface area (Å²) in [6.07, 6.45) is 2.51. The van der Waals surface area contributed by atoms with E-state index in [4.69, 9.17) is 5.73 Å². The molecule has 0 aliphatic heterocycles. The first kappa shape index (κ1) is 16.3. The highest BCUT2D eigenvalue weighted by molar-refractivity contribution is 9.11. The highest BCUT2D eigenvalue weighted by Crippen LogP contribution is 2.21. The van der Waals surface area contributed by atoms with Crippen molar-refractivity contribution in [3.05, 3.63) is 20.8 Å². The summed E-state index contributed by atoms with van der Waals surface area (Å²) >= 11 is 6.54. The summed E-state index contributed by atoms with van der Waals surface area (Å²) in [6.45, 7) is 0.450. The summed E-state index contributed by atoms with van der Waals surface area (Å²) in [6, 6.07) is 2.61. The molecule has 0 fully saturated rings. The maximum Gasteiger partial charge on any atom is 0.312 e. The fraction of sp³-hybridized carbons (Fsp3) is 0.455. The lowest BCUT2D eigenvalue weighted by Crippen LogP contribution is -2.48. The summed E-state index contributed by atoms with van der Waals surface area (Å²) in [5.41, 5.74) is 5.07. The van der Waals surface area contributed by atoms with Gasteiger partial charge >= 0.3 is 6.03 Å². The summed E-state index contributed by atoms with van der Waals surface area (Å²) in [7, 11) is 0. The Kier molecular flexibility index (Phi) is 7.25. The zero-order valence-electron chi connectivity index (χ0n) is 10.4. The van der Waals surface area contributed by atoms with Gasteiger partial charge in [0.1, 0.15) is 6.04 Å². The minimum atomic E-state index is -0.680. The largest absolute Gasteiger partial charge is 0.352 e. The molecule has 0 aromatic carbocycles. The number of carbonyl (C=O) groups is 2. The molecule has 106 valence electrons. The Bertz CT molecular complexity index is 439. The molecule has 0 spiro atoms. The van der Waals surface area contributed by atoms with Crippen molar-refractivity contribution in [2.45, 2.75) is 19.0 Å². The number of rotatable bonds is 7. The van der Waals surface area contributed by atoms with E-state index in [0.29, 0.717) is 13.0 Å². The zero-order chi connectivity index (χ0) is 14.3. The van der Waals surface area contributed by atoms with Crippen LogP contribution in [0.15, 0.2) is 15.9 Å². The molecule has 3 amide bonds. The van der Waals surface area contributed by atoms with E-state index in [1.54, 1.807) is 23.1 Å². The van der Waals surface area contributed by atoms with Crippen molar-refractivity contribution in [3.8, 4) is 0 Å². The van der Waals surface area contributed by atoms with Crippen molar-refractivity contribution in [1.29, 1.82) is 0 Å². The van der Waals surface area contributed by atoms with Crippen molar-refractivity contribution < 1.29 is 9.59 Å². The van der Waals surface area contributed by atoms with Crippen LogP contribution in [0.5, 0.6) is 0 Å². The van der Waals surface area contributed by atoms with Gasteiger partial charge in [0.25, 0.3) is 0 Å². The average molecular weight is 366 g/mol. The predicted molar refractivity (Wildman–Crippen MR) is 83.4 cm³/mol. The highest BCUT2D eigenvalue weighted by Gasteiger charge is 2.19. The van der Waals surface area contributed by atoms with Crippen LogP contribution in [0, 0.1) is 0 Å². The number of thiophene rings is 1.